The highest BCUT2D eigenvalue weighted by molar-refractivity contribution is 9.11. The summed E-state index contributed by atoms with van der Waals surface area (Å²) in [6.45, 7) is 0. The lowest BCUT2D eigenvalue weighted by atomic mass is 9.92. The van der Waals surface area contributed by atoms with Gasteiger partial charge in [-0.2, -0.15) is 0 Å². The molecule has 2 rings (SSSR count). The molecule has 0 aliphatic heterocycles. The smallest absolute Gasteiger partial charge is 0.261 e. The third-order valence-electron chi connectivity index (χ3n) is 2.84. The van der Waals surface area contributed by atoms with Crippen LogP contribution in [0.15, 0.2) is 15.9 Å². The van der Waals surface area contributed by atoms with Gasteiger partial charge in [-0.1, -0.05) is 12.8 Å². The van der Waals surface area contributed by atoms with Crippen LogP contribution in [0.25, 0.3) is 0 Å². The number of aliphatic hydroxyl groups excluding tert-OH is 1. The Kier molecular flexibility index (Phi) is 4.00. The van der Waals surface area contributed by atoms with E-state index in [2.05, 4.69) is 21.2 Å². The zero-order valence-corrected chi connectivity index (χ0v) is 11.2. The summed E-state index contributed by atoms with van der Waals surface area (Å²) in [6, 6.07) is 3.57. The van der Waals surface area contributed by atoms with E-state index in [9.17, 15) is 9.90 Å². The summed E-state index contributed by atoms with van der Waals surface area (Å²) in [7, 11) is 0. The van der Waals surface area contributed by atoms with Crippen molar-refractivity contribution in [3.63, 3.8) is 0 Å². The fourth-order valence-corrected chi connectivity index (χ4v) is 3.24. The lowest BCUT2D eigenvalue weighted by molar-refractivity contribution is 0.0720. The topological polar surface area (TPSA) is 49.3 Å². The summed E-state index contributed by atoms with van der Waals surface area (Å²) in [4.78, 5) is 12.5. The SMILES string of the molecule is O=C(N[C@H]1CCCC[C@@H]1O)c1ccc(Br)s1. The van der Waals surface area contributed by atoms with E-state index >= 15 is 0 Å². The molecule has 1 aromatic rings. The van der Waals surface area contributed by atoms with E-state index in [-0.39, 0.29) is 18.1 Å². The number of hydrogen-bond acceptors (Lipinski definition) is 3. The first-order valence-corrected chi connectivity index (χ1v) is 7.02. The number of carbonyl (C=O) groups is 1. The molecule has 0 bridgehead atoms. The second-order valence-corrected chi connectivity index (χ2v) is 6.50. The van der Waals surface area contributed by atoms with E-state index in [0.29, 0.717) is 4.88 Å². The van der Waals surface area contributed by atoms with Gasteiger partial charge in [-0.3, -0.25) is 4.79 Å². The lowest BCUT2D eigenvalue weighted by Gasteiger charge is -2.28. The van der Waals surface area contributed by atoms with Gasteiger partial charge in [0.1, 0.15) is 0 Å². The van der Waals surface area contributed by atoms with Crippen molar-refractivity contribution in [2.45, 2.75) is 37.8 Å². The fraction of sp³-hybridized carbons (Fsp3) is 0.545. The van der Waals surface area contributed by atoms with E-state index in [1.807, 2.05) is 6.07 Å². The van der Waals surface area contributed by atoms with Crippen LogP contribution < -0.4 is 5.32 Å². The van der Waals surface area contributed by atoms with Crippen LogP contribution in [0.5, 0.6) is 0 Å². The number of thiophene rings is 1. The highest BCUT2D eigenvalue weighted by Crippen LogP contribution is 2.23. The molecule has 1 saturated carbocycles. The average molecular weight is 304 g/mol. The molecule has 1 fully saturated rings. The van der Waals surface area contributed by atoms with Gasteiger partial charge in [0, 0.05) is 0 Å². The lowest BCUT2D eigenvalue weighted by Crippen LogP contribution is -2.44. The second-order valence-electron chi connectivity index (χ2n) is 4.04. The molecule has 0 spiro atoms. The van der Waals surface area contributed by atoms with Crippen molar-refractivity contribution in [3.05, 3.63) is 20.8 Å². The van der Waals surface area contributed by atoms with Crippen LogP contribution in [-0.4, -0.2) is 23.2 Å². The number of nitrogens with one attached hydrogen (secondary N) is 1. The fourth-order valence-electron chi connectivity index (χ4n) is 1.96. The van der Waals surface area contributed by atoms with Crippen molar-refractivity contribution in [1.29, 1.82) is 0 Å². The molecular weight excluding hydrogens is 290 g/mol. The minimum Gasteiger partial charge on any atom is -0.391 e. The number of carbonyl (C=O) groups excluding carboxylic acids is 1. The third-order valence-corrected chi connectivity index (χ3v) is 4.47. The molecule has 0 radical (unpaired) electrons. The zero-order chi connectivity index (χ0) is 11.5. The second kappa shape index (κ2) is 5.29. The minimum atomic E-state index is -0.388. The molecule has 1 aromatic heterocycles. The molecule has 88 valence electrons. The first kappa shape index (κ1) is 12.1. The predicted octanol–water partition coefficient (Wildman–Crippen LogP) is 2.54. The molecule has 0 unspecified atom stereocenters. The van der Waals surface area contributed by atoms with Crippen molar-refractivity contribution in [1.82, 2.24) is 5.32 Å². The highest BCUT2D eigenvalue weighted by Gasteiger charge is 2.25. The molecule has 16 heavy (non-hydrogen) atoms. The van der Waals surface area contributed by atoms with Gasteiger partial charge in [0.05, 0.1) is 20.8 Å². The molecule has 3 nitrogen and oxygen atoms in total. The van der Waals surface area contributed by atoms with Crippen LogP contribution in [0.1, 0.15) is 35.4 Å². The van der Waals surface area contributed by atoms with E-state index in [0.717, 1.165) is 29.5 Å². The maximum atomic E-state index is 11.8. The maximum Gasteiger partial charge on any atom is 0.261 e. The van der Waals surface area contributed by atoms with Crippen molar-refractivity contribution in [2.24, 2.45) is 0 Å². The van der Waals surface area contributed by atoms with Gasteiger partial charge in [-0.05, 0) is 40.9 Å². The molecule has 2 N–H and O–H groups in total. The molecule has 1 amide bonds. The van der Waals surface area contributed by atoms with Crippen LogP contribution in [-0.2, 0) is 0 Å². The van der Waals surface area contributed by atoms with Gasteiger partial charge in [-0.25, -0.2) is 0 Å². The molecule has 1 aliphatic rings. The average Bonchev–Trinajstić information content (AvgIpc) is 2.68. The van der Waals surface area contributed by atoms with Crippen molar-refractivity contribution in [2.75, 3.05) is 0 Å². The highest BCUT2D eigenvalue weighted by atomic mass is 79.9. The molecule has 0 saturated heterocycles. The van der Waals surface area contributed by atoms with Crippen LogP contribution in [0, 0.1) is 0 Å². The summed E-state index contributed by atoms with van der Waals surface area (Å²) >= 11 is 4.74. The predicted molar refractivity (Wildman–Crippen MR) is 67.7 cm³/mol. The number of halogens is 1. The molecule has 5 heteroatoms. The Balaban J connectivity index is 1.96. The molecule has 1 heterocycles. The van der Waals surface area contributed by atoms with Crippen LogP contribution in [0.3, 0.4) is 0 Å². The number of hydrogen-bond donors (Lipinski definition) is 2. The quantitative estimate of drug-likeness (QED) is 0.882. The Bertz CT molecular complexity index is 380. The summed E-state index contributed by atoms with van der Waals surface area (Å²) in [5, 5.41) is 12.6. The Morgan fingerprint density at radius 1 is 1.44 bits per heavy atom. The standard InChI is InChI=1S/C11H14BrNO2S/c12-10-6-5-9(16-10)11(15)13-7-3-1-2-4-8(7)14/h5-8,14H,1-4H2,(H,13,15)/t7-,8-/m0/s1. The molecule has 1 aliphatic carbocycles. The molecule has 2 atom stereocenters. The molecule has 0 aromatic carbocycles. The van der Waals surface area contributed by atoms with E-state index in [1.165, 1.54) is 11.3 Å². The first-order chi connectivity index (χ1) is 7.66. The normalized spacial score (nSPS) is 25.4. The van der Waals surface area contributed by atoms with Crippen molar-refractivity contribution >= 4 is 33.2 Å². The van der Waals surface area contributed by atoms with Crippen LogP contribution >= 0.6 is 27.3 Å². The van der Waals surface area contributed by atoms with Gasteiger partial charge in [0.25, 0.3) is 5.91 Å². The van der Waals surface area contributed by atoms with E-state index in [1.54, 1.807) is 6.07 Å². The Morgan fingerprint density at radius 3 is 2.81 bits per heavy atom. The summed E-state index contributed by atoms with van der Waals surface area (Å²) in [5.41, 5.74) is 0. The zero-order valence-electron chi connectivity index (χ0n) is 8.78. The monoisotopic (exact) mass is 303 g/mol. The Morgan fingerprint density at radius 2 is 2.19 bits per heavy atom. The van der Waals surface area contributed by atoms with Crippen molar-refractivity contribution in [3.8, 4) is 0 Å². The minimum absolute atomic E-state index is 0.0814. The Labute approximate surface area is 107 Å². The van der Waals surface area contributed by atoms with Crippen molar-refractivity contribution < 1.29 is 9.90 Å². The largest absolute Gasteiger partial charge is 0.391 e. The van der Waals surface area contributed by atoms with Crippen LogP contribution in [0.2, 0.25) is 0 Å². The van der Waals surface area contributed by atoms with E-state index < -0.39 is 0 Å². The summed E-state index contributed by atoms with van der Waals surface area (Å²) in [6.07, 6.45) is 3.41. The number of rotatable bonds is 2. The van der Waals surface area contributed by atoms with Gasteiger partial charge < -0.3 is 10.4 Å². The van der Waals surface area contributed by atoms with Gasteiger partial charge in [-0.15, -0.1) is 11.3 Å². The summed E-state index contributed by atoms with van der Waals surface area (Å²) < 4.78 is 0.946. The Hall–Kier alpha value is -0.390. The first-order valence-electron chi connectivity index (χ1n) is 5.41. The number of amides is 1. The number of aliphatic hydroxyl groups is 1. The van der Waals surface area contributed by atoms with E-state index in [4.69, 9.17) is 0 Å². The third kappa shape index (κ3) is 2.84. The molecular formula is C11H14BrNO2S. The van der Waals surface area contributed by atoms with Crippen LogP contribution in [0.4, 0.5) is 0 Å². The van der Waals surface area contributed by atoms with Gasteiger partial charge >= 0.3 is 0 Å². The maximum absolute atomic E-state index is 11.8. The van der Waals surface area contributed by atoms with Gasteiger partial charge in [0.15, 0.2) is 0 Å². The summed E-state index contributed by atoms with van der Waals surface area (Å²) in [5.74, 6) is -0.0818. The van der Waals surface area contributed by atoms with Gasteiger partial charge in [0.2, 0.25) is 0 Å².